The van der Waals surface area contributed by atoms with E-state index in [0.29, 0.717) is 28.5 Å². The average Bonchev–Trinajstić information content (AvgIpc) is 3.04. The van der Waals surface area contributed by atoms with Gasteiger partial charge in [0.15, 0.2) is 17.5 Å². The lowest BCUT2D eigenvalue weighted by Crippen LogP contribution is -2.48. The fraction of sp³-hybridized carbons (Fsp3) is 0.263. The van der Waals surface area contributed by atoms with E-state index in [0.717, 1.165) is 40.0 Å². The van der Waals surface area contributed by atoms with Crippen LogP contribution in [-0.4, -0.2) is 15.0 Å². The maximum absolute atomic E-state index is 9.28. The molecule has 4 saturated carbocycles. The number of rotatable bonds is 5. The largest absolute Gasteiger partial charge is 0.208 e. The van der Waals surface area contributed by atoms with Gasteiger partial charge in [-0.05, 0) is 103 Å². The number of hydrogen-bond acceptors (Lipinski definition) is 4. The number of hydrogen-bond donors (Lipinski definition) is 0. The Morgan fingerprint density at radius 3 is 1.62 bits per heavy atom. The molecule has 1 heterocycles. The van der Waals surface area contributed by atoms with Crippen LogP contribution >= 0.6 is 0 Å². The third kappa shape index (κ3) is 4.41. The lowest BCUT2D eigenvalue weighted by molar-refractivity contribution is -0.00518. The van der Waals surface area contributed by atoms with Crippen molar-refractivity contribution in [2.45, 2.75) is 43.9 Å². The summed E-state index contributed by atoms with van der Waals surface area (Å²) in [7, 11) is 0. The smallest absolute Gasteiger partial charge is 0.164 e. The lowest BCUT2D eigenvalue weighted by Gasteiger charge is -2.57. The molecule has 0 aliphatic heterocycles. The van der Waals surface area contributed by atoms with E-state index >= 15 is 0 Å². The molecule has 0 unspecified atom stereocenters. The average molecular weight is 545 g/mol. The van der Waals surface area contributed by atoms with Crippen molar-refractivity contribution >= 4 is 0 Å². The molecule has 204 valence electrons. The molecule has 0 spiro atoms. The van der Waals surface area contributed by atoms with Crippen LogP contribution in [0.1, 0.15) is 49.7 Å². The van der Waals surface area contributed by atoms with E-state index in [1.54, 1.807) is 12.1 Å². The number of nitriles is 1. The van der Waals surface area contributed by atoms with E-state index in [-0.39, 0.29) is 0 Å². The van der Waals surface area contributed by atoms with E-state index in [1.165, 1.54) is 49.7 Å². The van der Waals surface area contributed by atoms with Crippen molar-refractivity contribution in [2.75, 3.05) is 0 Å². The second-order valence-corrected chi connectivity index (χ2v) is 12.7. The van der Waals surface area contributed by atoms with Crippen molar-refractivity contribution in [1.29, 1.82) is 5.26 Å². The van der Waals surface area contributed by atoms with Crippen molar-refractivity contribution in [1.82, 2.24) is 15.0 Å². The highest BCUT2D eigenvalue weighted by molar-refractivity contribution is 5.82. The topological polar surface area (TPSA) is 62.5 Å². The Kier molecular flexibility index (Phi) is 6.00. The first-order chi connectivity index (χ1) is 20.7. The monoisotopic (exact) mass is 544 g/mol. The second-order valence-electron chi connectivity index (χ2n) is 12.7. The van der Waals surface area contributed by atoms with Crippen LogP contribution in [0.25, 0.3) is 45.3 Å². The van der Waals surface area contributed by atoms with Crippen molar-refractivity contribution in [3.8, 4) is 51.4 Å². The molecule has 1 aromatic heterocycles. The fourth-order valence-corrected chi connectivity index (χ4v) is 8.43. The summed E-state index contributed by atoms with van der Waals surface area (Å²) in [6.45, 7) is 0. The minimum atomic E-state index is 0.390. The molecule has 42 heavy (non-hydrogen) atoms. The fourth-order valence-electron chi connectivity index (χ4n) is 8.43. The Labute approximate surface area is 247 Å². The van der Waals surface area contributed by atoms with Crippen LogP contribution in [0, 0.1) is 29.1 Å². The quantitative estimate of drug-likeness (QED) is 0.222. The van der Waals surface area contributed by atoms with Crippen LogP contribution < -0.4 is 0 Å². The molecular weight excluding hydrogens is 512 g/mol. The van der Waals surface area contributed by atoms with Gasteiger partial charge >= 0.3 is 0 Å². The van der Waals surface area contributed by atoms with Crippen molar-refractivity contribution in [3.63, 3.8) is 0 Å². The third-order valence-corrected chi connectivity index (χ3v) is 9.95. The molecule has 0 radical (unpaired) electrons. The maximum atomic E-state index is 9.28. The minimum absolute atomic E-state index is 0.390. The minimum Gasteiger partial charge on any atom is -0.208 e. The van der Waals surface area contributed by atoms with Crippen molar-refractivity contribution in [3.05, 3.63) is 114 Å². The predicted octanol–water partition coefficient (Wildman–Crippen LogP) is 8.88. The third-order valence-electron chi connectivity index (χ3n) is 9.95. The first kappa shape index (κ1) is 25.1. The van der Waals surface area contributed by atoms with Gasteiger partial charge in [0, 0.05) is 16.7 Å². The molecule has 4 bridgehead atoms. The Morgan fingerprint density at radius 2 is 1.02 bits per heavy atom. The SMILES string of the molecule is N#Cc1ccc(-c2nc(-c3ccccc3)nc(-c3ccccc3-c3ccc(C45CC6CC(CC(C6)C4)C5)cc3)n2)cc1. The van der Waals surface area contributed by atoms with Crippen LogP contribution in [0.2, 0.25) is 0 Å². The van der Waals surface area contributed by atoms with Crippen LogP contribution in [0.4, 0.5) is 0 Å². The Balaban J connectivity index is 1.20. The Bertz CT molecular complexity index is 1760. The first-order valence-electron chi connectivity index (χ1n) is 15.2. The summed E-state index contributed by atoms with van der Waals surface area (Å²) in [6, 6.07) is 37.5. The standard InChI is InChI=1S/C38H32N4/c39-24-25-10-12-31(13-11-25)36-40-35(30-6-2-1-3-7-30)41-37(42-36)34-9-5-4-8-33(34)29-14-16-32(17-15-29)38-21-26-18-27(22-38)20-28(19-26)23-38/h1-17,26-28H,18-23H2. The lowest BCUT2D eigenvalue weighted by atomic mass is 9.48. The molecule has 0 atom stereocenters. The Morgan fingerprint density at radius 1 is 0.524 bits per heavy atom. The maximum Gasteiger partial charge on any atom is 0.164 e. The number of aromatic nitrogens is 3. The molecule has 9 rings (SSSR count). The first-order valence-corrected chi connectivity index (χ1v) is 15.2. The van der Waals surface area contributed by atoms with E-state index < -0.39 is 0 Å². The van der Waals surface area contributed by atoms with Gasteiger partial charge in [-0.15, -0.1) is 0 Å². The van der Waals surface area contributed by atoms with Gasteiger partial charge in [-0.3, -0.25) is 0 Å². The summed E-state index contributed by atoms with van der Waals surface area (Å²) in [5.74, 6) is 4.67. The molecule has 4 aliphatic rings. The van der Waals surface area contributed by atoms with Crippen LogP contribution in [0.5, 0.6) is 0 Å². The summed E-state index contributed by atoms with van der Waals surface area (Å²) < 4.78 is 0. The molecule has 4 heteroatoms. The summed E-state index contributed by atoms with van der Waals surface area (Å²) in [6.07, 6.45) is 8.52. The van der Waals surface area contributed by atoms with Gasteiger partial charge in [0.05, 0.1) is 11.6 Å². The molecular formula is C38H32N4. The zero-order valence-corrected chi connectivity index (χ0v) is 23.6. The van der Waals surface area contributed by atoms with E-state index in [9.17, 15) is 5.26 Å². The van der Waals surface area contributed by atoms with Crippen LogP contribution in [0.3, 0.4) is 0 Å². The van der Waals surface area contributed by atoms with Gasteiger partial charge in [-0.1, -0.05) is 78.9 Å². The van der Waals surface area contributed by atoms with Gasteiger partial charge in [-0.2, -0.15) is 5.26 Å². The molecule has 5 aromatic rings. The summed E-state index contributed by atoms with van der Waals surface area (Å²) in [4.78, 5) is 14.8. The van der Waals surface area contributed by atoms with Gasteiger partial charge < -0.3 is 0 Å². The van der Waals surface area contributed by atoms with Gasteiger partial charge in [0.25, 0.3) is 0 Å². The molecule has 0 N–H and O–H groups in total. The summed E-state index contributed by atoms with van der Waals surface area (Å²) in [5.41, 5.74) is 7.61. The molecule has 0 amide bonds. The number of nitrogens with zero attached hydrogens (tertiary/aromatic N) is 4. The van der Waals surface area contributed by atoms with Crippen molar-refractivity contribution < 1.29 is 0 Å². The highest BCUT2D eigenvalue weighted by atomic mass is 15.0. The highest BCUT2D eigenvalue weighted by Crippen LogP contribution is 2.60. The van der Waals surface area contributed by atoms with E-state index in [2.05, 4.69) is 54.6 Å². The molecule has 0 saturated heterocycles. The Hall–Kier alpha value is -4.62. The van der Waals surface area contributed by atoms with Crippen LogP contribution in [-0.2, 0) is 5.41 Å². The highest BCUT2D eigenvalue weighted by Gasteiger charge is 2.51. The van der Waals surface area contributed by atoms with E-state index in [1.807, 2.05) is 42.5 Å². The summed E-state index contributed by atoms with van der Waals surface area (Å²) in [5, 5.41) is 9.28. The van der Waals surface area contributed by atoms with Crippen molar-refractivity contribution in [2.24, 2.45) is 17.8 Å². The van der Waals surface area contributed by atoms with E-state index in [4.69, 9.17) is 15.0 Å². The normalized spacial score (nSPS) is 23.9. The summed E-state index contributed by atoms with van der Waals surface area (Å²) >= 11 is 0. The molecule has 4 fully saturated rings. The van der Waals surface area contributed by atoms with Crippen LogP contribution in [0.15, 0.2) is 103 Å². The predicted molar refractivity (Wildman–Crippen MR) is 166 cm³/mol. The molecule has 4 aromatic carbocycles. The number of benzene rings is 4. The van der Waals surface area contributed by atoms with Gasteiger partial charge in [-0.25, -0.2) is 15.0 Å². The zero-order chi connectivity index (χ0) is 28.1. The van der Waals surface area contributed by atoms with Gasteiger partial charge in [0.1, 0.15) is 0 Å². The molecule has 4 aliphatic carbocycles. The molecule has 4 nitrogen and oxygen atoms in total. The second kappa shape index (κ2) is 10.0. The zero-order valence-electron chi connectivity index (χ0n) is 23.6. The van der Waals surface area contributed by atoms with Gasteiger partial charge in [0.2, 0.25) is 0 Å².